The molecule has 1 atom stereocenters. The molecule has 0 saturated heterocycles. The molecular weight excluding hydrogens is 204 g/mol. The van der Waals surface area contributed by atoms with Crippen LogP contribution in [-0.2, 0) is 9.53 Å². The molecule has 0 saturated carbocycles. The number of ether oxygens (including phenoxy) is 1. The quantitative estimate of drug-likeness (QED) is 0.332. The summed E-state index contributed by atoms with van der Waals surface area (Å²) in [5.41, 5.74) is 3.23. The lowest BCUT2D eigenvalue weighted by Crippen LogP contribution is -2.29. The van der Waals surface area contributed by atoms with Gasteiger partial charge in [0.25, 0.3) is 0 Å². The predicted octanol–water partition coefficient (Wildman–Crippen LogP) is 1.53. The van der Waals surface area contributed by atoms with Gasteiger partial charge in [0.2, 0.25) is 5.91 Å². The molecule has 0 aliphatic rings. The highest BCUT2D eigenvalue weighted by Crippen LogP contribution is 2.15. The summed E-state index contributed by atoms with van der Waals surface area (Å²) in [5.74, 6) is 4.81. The molecule has 4 heteroatoms. The number of nitrogens with one attached hydrogen (secondary N) is 1. The summed E-state index contributed by atoms with van der Waals surface area (Å²) in [6.07, 6.45) is 1.14. The topological polar surface area (TPSA) is 64.3 Å². The van der Waals surface area contributed by atoms with Gasteiger partial charge in [0, 0.05) is 13.0 Å². The summed E-state index contributed by atoms with van der Waals surface area (Å²) < 4.78 is 5.60. The highest BCUT2D eigenvalue weighted by molar-refractivity contribution is 5.75. The summed E-state index contributed by atoms with van der Waals surface area (Å²) in [4.78, 5) is 10.8. The Bertz CT molecular complexity index is 314. The van der Waals surface area contributed by atoms with E-state index >= 15 is 0 Å². The van der Waals surface area contributed by atoms with Gasteiger partial charge in [-0.2, -0.15) is 0 Å². The average Bonchev–Trinajstić information content (AvgIpc) is 2.35. The van der Waals surface area contributed by atoms with Crippen LogP contribution in [0, 0.1) is 0 Å². The van der Waals surface area contributed by atoms with Gasteiger partial charge in [-0.1, -0.05) is 30.3 Å². The minimum atomic E-state index is -0.157. The zero-order valence-electron chi connectivity index (χ0n) is 9.48. The van der Waals surface area contributed by atoms with Gasteiger partial charge in [0.1, 0.15) is 0 Å². The van der Waals surface area contributed by atoms with E-state index in [1.807, 2.05) is 37.3 Å². The van der Waals surface area contributed by atoms with Crippen LogP contribution in [0.1, 0.15) is 31.4 Å². The fraction of sp³-hybridized carbons (Fsp3) is 0.417. The smallest absolute Gasteiger partial charge is 0.233 e. The molecule has 0 aromatic heterocycles. The van der Waals surface area contributed by atoms with Crippen molar-refractivity contribution in [1.82, 2.24) is 5.43 Å². The van der Waals surface area contributed by atoms with Gasteiger partial charge in [-0.05, 0) is 18.9 Å². The third kappa shape index (κ3) is 4.42. The molecule has 0 fully saturated rings. The third-order valence-corrected chi connectivity index (χ3v) is 2.35. The van der Waals surface area contributed by atoms with Crippen LogP contribution >= 0.6 is 0 Å². The van der Waals surface area contributed by atoms with Gasteiger partial charge < -0.3 is 4.74 Å². The van der Waals surface area contributed by atoms with Gasteiger partial charge in [-0.3, -0.25) is 10.2 Å². The second-order valence-electron chi connectivity index (χ2n) is 3.59. The highest BCUT2D eigenvalue weighted by atomic mass is 16.5. The molecule has 0 aliphatic heterocycles. The third-order valence-electron chi connectivity index (χ3n) is 2.35. The predicted molar refractivity (Wildman–Crippen MR) is 62.4 cm³/mol. The number of benzene rings is 1. The summed E-state index contributed by atoms with van der Waals surface area (Å²) >= 11 is 0. The molecule has 1 unspecified atom stereocenters. The minimum Gasteiger partial charge on any atom is -0.374 e. The Morgan fingerprint density at radius 1 is 1.44 bits per heavy atom. The van der Waals surface area contributed by atoms with Crippen LogP contribution in [0.5, 0.6) is 0 Å². The molecule has 16 heavy (non-hydrogen) atoms. The molecule has 3 N–H and O–H groups in total. The van der Waals surface area contributed by atoms with Gasteiger partial charge in [0.05, 0.1) is 6.10 Å². The molecular formula is C12H18N2O2. The Balaban J connectivity index is 2.21. The number of nitrogens with two attached hydrogens (primary N) is 1. The fourth-order valence-corrected chi connectivity index (χ4v) is 1.39. The van der Waals surface area contributed by atoms with Crippen molar-refractivity contribution < 1.29 is 9.53 Å². The largest absolute Gasteiger partial charge is 0.374 e. The number of carbonyl (C=O) groups excluding carboxylic acids is 1. The van der Waals surface area contributed by atoms with E-state index in [0.717, 1.165) is 5.56 Å². The van der Waals surface area contributed by atoms with E-state index in [-0.39, 0.29) is 12.0 Å². The fourth-order valence-electron chi connectivity index (χ4n) is 1.39. The number of hydrogen-bond acceptors (Lipinski definition) is 3. The van der Waals surface area contributed by atoms with E-state index in [2.05, 4.69) is 5.43 Å². The number of amides is 1. The first-order chi connectivity index (χ1) is 7.74. The Morgan fingerprint density at radius 3 is 2.75 bits per heavy atom. The van der Waals surface area contributed by atoms with E-state index in [0.29, 0.717) is 19.4 Å². The van der Waals surface area contributed by atoms with Crippen molar-refractivity contribution in [2.45, 2.75) is 25.9 Å². The molecule has 1 amide bonds. The molecule has 1 rings (SSSR count). The Labute approximate surface area is 95.8 Å². The van der Waals surface area contributed by atoms with E-state index in [1.54, 1.807) is 0 Å². The summed E-state index contributed by atoms with van der Waals surface area (Å²) in [6, 6.07) is 9.99. The normalized spacial score (nSPS) is 12.1. The maximum Gasteiger partial charge on any atom is 0.233 e. The monoisotopic (exact) mass is 222 g/mol. The van der Waals surface area contributed by atoms with Crippen molar-refractivity contribution in [2.24, 2.45) is 5.84 Å². The molecule has 0 aliphatic carbocycles. The standard InChI is InChI=1S/C12H18N2O2/c1-10(11-6-3-2-4-7-11)16-9-5-8-12(15)14-13/h2-4,6-7,10H,5,8-9,13H2,1H3,(H,14,15). The molecule has 1 aromatic carbocycles. The summed E-state index contributed by atoms with van der Waals surface area (Å²) in [5, 5.41) is 0. The van der Waals surface area contributed by atoms with Gasteiger partial charge in [0.15, 0.2) is 0 Å². The second-order valence-corrected chi connectivity index (χ2v) is 3.59. The summed E-state index contributed by atoms with van der Waals surface area (Å²) in [7, 11) is 0. The van der Waals surface area contributed by atoms with Crippen LogP contribution in [0.25, 0.3) is 0 Å². The van der Waals surface area contributed by atoms with Gasteiger partial charge in [-0.15, -0.1) is 0 Å². The Morgan fingerprint density at radius 2 is 2.12 bits per heavy atom. The zero-order valence-corrected chi connectivity index (χ0v) is 9.48. The van der Waals surface area contributed by atoms with Crippen LogP contribution < -0.4 is 11.3 Å². The van der Waals surface area contributed by atoms with E-state index in [4.69, 9.17) is 10.6 Å². The lowest BCUT2D eigenvalue weighted by Gasteiger charge is -2.12. The molecule has 0 spiro atoms. The van der Waals surface area contributed by atoms with Crippen LogP contribution in [0.2, 0.25) is 0 Å². The van der Waals surface area contributed by atoms with Crippen molar-refractivity contribution >= 4 is 5.91 Å². The first-order valence-corrected chi connectivity index (χ1v) is 5.40. The number of hydrazine groups is 1. The zero-order chi connectivity index (χ0) is 11.8. The van der Waals surface area contributed by atoms with Crippen molar-refractivity contribution in [3.8, 4) is 0 Å². The average molecular weight is 222 g/mol. The Hall–Kier alpha value is -1.39. The first-order valence-electron chi connectivity index (χ1n) is 5.40. The number of carbonyl (C=O) groups is 1. The highest BCUT2D eigenvalue weighted by Gasteiger charge is 2.05. The molecule has 0 radical (unpaired) electrons. The van der Waals surface area contributed by atoms with E-state index in [1.165, 1.54) is 0 Å². The molecule has 1 aromatic rings. The Kier molecular flexibility index (Phi) is 5.53. The minimum absolute atomic E-state index is 0.0575. The number of hydrogen-bond donors (Lipinski definition) is 2. The van der Waals surface area contributed by atoms with Crippen LogP contribution in [0.3, 0.4) is 0 Å². The lowest BCUT2D eigenvalue weighted by molar-refractivity contribution is -0.121. The maximum absolute atomic E-state index is 10.8. The van der Waals surface area contributed by atoms with Crippen LogP contribution in [0.15, 0.2) is 30.3 Å². The SMILES string of the molecule is CC(OCCCC(=O)NN)c1ccccc1. The van der Waals surface area contributed by atoms with E-state index < -0.39 is 0 Å². The van der Waals surface area contributed by atoms with Crippen LogP contribution in [-0.4, -0.2) is 12.5 Å². The van der Waals surface area contributed by atoms with Crippen molar-refractivity contribution in [3.63, 3.8) is 0 Å². The molecule has 0 bridgehead atoms. The lowest BCUT2D eigenvalue weighted by atomic mass is 10.1. The van der Waals surface area contributed by atoms with Crippen molar-refractivity contribution in [2.75, 3.05) is 6.61 Å². The van der Waals surface area contributed by atoms with Crippen molar-refractivity contribution in [1.29, 1.82) is 0 Å². The van der Waals surface area contributed by atoms with E-state index in [9.17, 15) is 4.79 Å². The van der Waals surface area contributed by atoms with Crippen molar-refractivity contribution in [3.05, 3.63) is 35.9 Å². The van der Waals surface area contributed by atoms with Crippen LogP contribution in [0.4, 0.5) is 0 Å². The first kappa shape index (κ1) is 12.7. The number of rotatable bonds is 6. The maximum atomic E-state index is 10.8. The summed E-state index contributed by atoms with van der Waals surface area (Å²) in [6.45, 7) is 2.56. The van der Waals surface area contributed by atoms with Gasteiger partial charge >= 0.3 is 0 Å². The molecule has 88 valence electrons. The second kappa shape index (κ2) is 6.98. The molecule has 4 nitrogen and oxygen atoms in total. The van der Waals surface area contributed by atoms with Gasteiger partial charge in [-0.25, -0.2) is 5.84 Å². The molecule has 0 heterocycles.